The summed E-state index contributed by atoms with van der Waals surface area (Å²) in [7, 11) is -5.17. The average molecular weight is 195 g/mol. The summed E-state index contributed by atoms with van der Waals surface area (Å²) >= 11 is 0. The summed E-state index contributed by atoms with van der Waals surface area (Å²) in [6.07, 6.45) is 0. The van der Waals surface area contributed by atoms with Crippen molar-refractivity contribution in [2.24, 2.45) is 0 Å². The predicted molar refractivity (Wildman–Crippen MR) is 16.0 cm³/mol. The topological polar surface area (TPSA) is 142 Å². The fraction of sp³-hybridized carbons (Fsp3) is 0. The first kappa shape index (κ1) is 23.9. The Morgan fingerprint density at radius 3 is 1.12 bits per heavy atom. The second kappa shape index (κ2) is 7.31. The minimum Gasteiger partial charge on any atom is -0.870 e. The molecule has 0 aromatic carbocycles. The zero-order valence-corrected chi connectivity index (χ0v) is 5.05. The number of hydrogen-bond acceptors (Lipinski definition) is 5. The molecule has 0 aromatic rings. The molecule has 0 spiro atoms. The van der Waals surface area contributed by atoms with Crippen LogP contribution in [-0.4, -0.2) is 28.5 Å². The molecule has 0 saturated carbocycles. The van der Waals surface area contributed by atoms with Gasteiger partial charge in [0.1, 0.15) is 0 Å². The molecule has 0 radical (unpaired) electrons. The van der Waals surface area contributed by atoms with Gasteiger partial charge in [-0.2, -0.15) is 0 Å². The van der Waals surface area contributed by atoms with E-state index in [0.29, 0.717) is 0 Å². The van der Waals surface area contributed by atoms with E-state index in [4.69, 9.17) is 17.5 Å². The van der Waals surface area contributed by atoms with Crippen molar-refractivity contribution in [2.45, 2.75) is 0 Å². The Morgan fingerprint density at radius 1 is 1.12 bits per heavy atom. The average Bonchev–Trinajstić information content (AvgIpc) is 0.722. The molecule has 0 saturated heterocycles. The smallest absolute Gasteiger partial charge is 0.870 e. The van der Waals surface area contributed by atoms with Crippen LogP contribution in [0.5, 0.6) is 0 Å². The molecule has 0 aliphatic rings. The third kappa shape index (κ3) is 1860. The fourth-order valence-corrected chi connectivity index (χ4v) is 0. The Balaban J connectivity index is -0.0000000267. The van der Waals surface area contributed by atoms with Gasteiger partial charge in [-0.05, 0) is 0 Å². The summed E-state index contributed by atoms with van der Waals surface area (Å²) in [5, 5.41) is 0. The van der Waals surface area contributed by atoms with Crippen LogP contribution in [0, 0.1) is 0 Å². The van der Waals surface area contributed by atoms with Gasteiger partial charge >= 0.3 is 17.1 Å². The van der Waals surface area contributed by atoms with Crippen LogP contribution in [-0.2, 0) is 27.5 Å². The normalized spacial score (nSPS) is 7.25. The molecule has 0 aliphatic heterocycles. The van der Waals surface area contributed by atoms with Crippen molar-refractivity contribution >= 4 is 10.4 Å². The minimum absolute atomic E-state index is 0. The van der Waals surface area contributed by atoms with Crippen LogP contribution in [0.4, 0.5) is 0 Å². The minimum atomic E-state index is -5.17. The van der Waals surface area contributed by atoms with E-state index in [1.165, 1.54) is 0 Å². The molecule has 0 heterocycles. The Morgan fingerprint density at radius 2 is 1.12 bits per heavy atom. The van der Waals surface area contributed by atoms with Gasteiger partial charge in [0.25, 0.3) is 0 Å². The first-order valence-corrected chi connectivity index (χ1v) is 2.00. The van der Waals surface area contributed by atoms with E-state index >= 15 is 0 Å². The summed E-state index contributed by atoms with van der Waals surface area (Å²) in [6, 6.07) is 0. The van der Waals surface area contributed by atoms with Gasteiger partial charge in [0.2, 0.25) is 0 Å². The Kier molecular flexibility index (Phi) is 21.8. The largest absolute Gasteiger partial charge is 3.00 e. The second-order valence-electron chi connectivity index (χ2n) is 0.408. The summed E-state index contributed by atoms with van der Waals surface area (Å²) in [4.78, 5) is 0. The second-order valence-corrected chi connectivity index (χ2v) is 1.22. The van der Waals surface area contributed by atoms with Gasteiger partial charge in [-0.1, -0.05) is 0 Å². The van der Waals surface area contributed by atoms with Crippen LogP contribution >= 0.6 is 0 Å². The van der Waals surface area contributed by atoms with Crippen molar-refractivity contribution in [3.63, 3.8) is 0 Å². The Hall–Kier alpha value is 0.309. The van der Waals surface area contributed by atoms with Crippen LogP contribution in [0.2, 0.25) is 0 Å². The van der Waals surface area contributed by atoms with Crippen molar-refractivity contribution < 1.29 is 45.5 Å². The van der Waals surface area contributed by atoms with Gasteiger partial charge in [-0.3, -0.25) is 8.42 Å². The molecule has 0 amide bonds. The van der Waals surface area contributed by atoms with Gasteiger partial charge < -0.3 is 20.1 Å². The quantitative estimate of drug-likeness (QED) is 0.241. The van der Waals surface area contributed by atoms with Crippen molar-refractivity contribution in [3.05, 3.63) is 0 Å². The molecular weight excluding hydrogens is 192 g/mol. The maximum atomic E-state index is 8.52. The Bertz CT molecular complexity index is 91.7. The molecule has 0 fully saturated rings. The number of hydrogen-bond donors (Lipinski definition) is 0. The van der Waals surface area contributed by atoms with Gasteiger partial charge in [-0.25, -0.2) is 0 Å². The molecule has 56 valence electrons. The van der Waals surface area contributed by atoms with E-state index < -0.39 is 10.4 Å². The maximum Gasteiger partial charge on any atom is 3.00 e. The van der Waals surface area contributed by atoms with Gasteiger partial charge in [0.15, 0.2) is 0 Å². The van der Waals surface area contributed by atoms with E-state index in [1.807, 2.05) is 0 Å². The van der Waals surface area contributed by atoms with Crippen molar-refractivity contribution in [3.8, 4) is 0 Å². The third-order valence-electron chi connectivity index (χ3n) is 0. The van der Waals surface area contributed by atoms with Crippen LogP contribution < -0.4 is 0 Å². The van der Waals surface area contributed by atoms with Crippen LogP contribution in [0.1, 0.15) is 0 Å². The molecule has 0 unspecified atom stereocenters. The maximum absolute atomic E-state index is 8.52. The first-order chi connectivity index (χ1) is 2.00. The molecule has 0 atom stereocenters. The molecule has 8 heavy (non-hydrogen) atoms. The van der Waals surface area contributed by atoms with E-state index in [2.05, 4.69) is 0 Å². The van der Waals surface area contributed by atoms with Crippen LogP contribution in [0.3, 0.4) is 0 Å². The van der Waals surface area contributed by atoms with Gasteiger partial charge in [0.05, 0.1) is 0 Å². The molecular formula is H3CuO6S. The van der Waals surface area contributed by atoms with Gasteiger partial charge in [0, 0.05) is 10.4 Å². The van der Waals surface area contributed by atoms with Crippen LogP contribution in [0.15, 0.2) is 0 Å². The van der Waals surface area contributed by atoms with E-state index in [1.54, 1.807) is 0 Å². The molecule has 3 N–H and O–H groups in total. The van der Waals surface area contributed by atoms with Gasteiger partial charge in [-0.15, -0.1) is 0 Å². The molecule has 0 aromatic heterocycles. The summed E-state index contributed by atoms with van der Waals surface area (Å²) < 4.78 is 34.1. The fourth-order valence-electron chi connectivity index (χ4n) is 0. The zero-order chi connectivity index (χ0) is 4.50. The number of rotatable bonds is 0. The van der Waals surface area contributed by atoms with Crippen molar-refractivity contribution in [1.82, 2.24) is 0 Å². The van der Waals surface area contributed by atoms with Crippen molar-refractivity contribution in [1.29, 1.82) is 0 Å². The van der Waals surface area contributed by atoms with E-state index in [0.717, 1.165) is 0 Å². The summed E-state index contributed by atoms with van der Waals surface area (Å²) in [5.74, 6) is 0. The Labute approximate surface area is 56.6 Å². The molecule has 8 heteroatoms. The predicted octanol–water partition coefficient (Wildman–Crippen LogP) is -2.34. The third-order valence-corrected chi connectivity index (χ3v) is 0. The van der Waals surface area contributed by atoms with Crippen LogP contribution in [0.25, 0.3) is 0 Å². The summed E-state index contributed by atoms with van der Waals surface area (Å²) in [5.41, 5.74) is 0. The summed E-state index contributed by atoms with van der Waals surface area (Å²) in [6.45, 7) is 0. The molecule has 0 bridgehead atoms. The molecule has 0 aliphatic carbocycles. The van der Waals surface area contributed by atoms with Crippen molar-refractivity contribution in [2.75, 3.05) is 0 Å². The SMILES string of the molecule is O.O=S(=O)([O-])[O-].[Cu+3].[OH-]. The first-order valence-electron chi connectivity index (χ1n) is 0.667. The van der Waals surface area contributed by atoms with E-state index in [-0.39, 0.29) is 28.0 Å². The molecule has 0 rings (SSSR count). The standard InChI is InChI=1S/Cu.H2O4S.2H2O/c;1-5(2,3)4;;/h;(H2,1,2,3,4);2*1H2/q+3;;;/p-3. The monoisotopic (exact) mass is 194 g/mol. The zero-order valence-electron chi connectivity index (χ0n) is 3.29. The molecule has 6 nitrogen and oxygen atoms in total. The van der Waals surface area contributed by atoms with E-state index in [9.17, 15) is 0 Å².